The van der Waals surface area contributed by atoms with E-state index in [2.05, 4.69) is 10.5 Å². The standard InChI is InChI=1S/C25H25ClFN3O4S/c1-16-9-11-20(14-21(16)26)28-25(31)19-7-5-13-30(15-19)35(32,33)24-17(2)29-34-23(24)12-10-18-6-3-4-8-22(18)27/h3-4,6,8-12,14,19H,5,7,13,15H2,1-2H3,(H,28,31). The molecule has 184 valence electrons. The van der Waals surface area contributed by atoms with Gasteiger partial charge in [-0.1, -0.05) is 41.0 Å². The van der Waals surface area contributed by atoms with Crippen molar-refractivity contribution < 1.29 is 22.1 Å². The van der Waals surface area contributed by atoms with Gasteiger partial charge in [0.15, 0.2) is 10.7 Å². The molecule has 0 bridgehead atoms. The molecule has 1 atom stereocenters. The van der Waals surface area contributed by atoms with Crippen molar-refractivity contribution in [1.29, 1.82) is 0 Å². The number of hydrogen-bond acceptors (Lipinski definition) is 5. The van der Waals surface area contributed by atoms with Crippen LogP contribution in [0.2, 0.25) is 5.02 Å². The van der Waals surface area contributed by atoms with Crippen LogP contribution in [0.1, 0.15) is 35.4 Å². The van der Waals surface area contributed by atoms with E-state index in [9.17, 15) is 17.6 Å². The molecular weight excluding hydrogens is 493 g/mol. The molecule has 1 unspecified atom stereocenters. The average Bonchev–Trinajstić information content (AvgIpc) is 3.22. The Labute approximate surface area is 208 Å². The molecule has 4 rings (SSSR count). The predicted molar refractivity (Wildman–Crippen MR) is 133 cm³/mol. The summed E-state index contributed by atoms with van der Waals surface area (Å²) in [7, 11) is -4.02. The molecule has 1 amide bonds. The SMILES string of the molecule is Cc1ccc(NC(=O)C2CCCN(S(=O)(=O)c3c(C)noc3C=Cc3ccccc3F)C2)cc1Cl. The van der Waals surface area contributed by atoms with Crippen LogP contribution in [0.15, 0.2) is 51.9 Å². The molecule has 1 fully saturated rings. The monoisotopic (exact) mass is 517 g/mol. The van der Waals surface area contributed by atoms with Gasteiger partial charge in [0.25, 0.3) is 0 Å². The summed E-state index contributed by atoms with van der Waals surface area (Å²) in [4.78, 5) is 12.8. The van der Waals surface area contributed by atoms with Crippen LogP contribution in [0.5, 0.6) is 0 Å². The van der Waals surface area contributed by atoms with Gasteiger partial charge in [0, 0.05) is 29.4 Å². The molecule has 1 aliphatic rings. The molecule has 3 aromatic rings. The predicted octanol–water partition coefficient (Wildman–Crippen LogP) is 5.29. The minimum absolute atomic E-state index is 0.00613. The number of amides is 1. The number of rotatable bonds is 6. The summed E-state index contributed by atoms with van der Waals surface area (Å²) >= 11 is 6.15. The van der Waals surface area contributed by atoms with E-state index in [0.717, 1.165) is 5.56 Å². The van der Waals surface area contributed by atoms with Crippen LogP contribution in [0.25, 0.3) is 12.2 Å². The smallest absolute Gasteiger partial charge is 0.248 e. The van der Waals surface area contributed by atoms with Crippen molar-refractivity contribution in [1.82, 2.24) is 9.46 Å². The molecule has 0 aliphatic carbocycles. The third-order valence-corrected chi connectivity index (χ3v) is 8.38. The maximum Gasteiger partial charge on any atom is 0.248 e. The molecule has 1 aliphatic heterocycles. The largest absolute Gasteiger partial charge is 0.355 e. The number of carbonyl (C=O) groups excluding carboxylic acids is 1. The fourth-order valence-corrected chi connectivity index (χ4v) is 5.95. The Hall–Kier alpha value is -3.01. The third kappa shape index (κ3) is 5.47. The van der Waals surface area contributed by atoms with Gasteiger partial charge in [0.2, 0.25) is 15.9 Å². The molecule has 1 N–H and O–H groups in total. The molecule has 7 nitrogen and oxygen atoms in total. The van der Waals surface area contributed by atoms with Crippen molar-refractivity contribution in [3.05, 3.63) is 75.9 Å². The highest BCUT2D eigenvalue weighted by Gasteiger charge is 2.37. The van der Waals surface area contributed by atoms with Crippen molar-refractivity contribution in [3.63, 3.8) is 0 Å². The number of nitrogens with zero attached hydrogens (tertiary/aromatic N) is 2. The first-order valence-electron chi connectivity index (χ1n) is 11.1. The van der Waals surface area contributed by atoms with E-state index in [0.29, 0.717) is 23.6 Å². The Morgan fingerprint density at radius 2 is 2.00 bits per heavy atom. The molecule has 0 radical (unpaired) electrons. The maximum atomic E-state index is 14.0. The number of carbonyl (C=O) groups is 1. The van der Waals surface area contributed by atoms with Gasteiger partial charge in [-0.2, -0.15) is 4.31 Å². The number of halogens is 2. The Bertz CT molecular complexity index is 1390. The Morgan fingerprint density at radius 1 is 1.23 bits per heavy atom. The first-order valence-corrected chi connectivity index (χ1v) is 12.9. The van der Waals surface area contributed by atoms with E-state index in [1.165, 1.54) is 29.4 Å². The highest BCUT2D eigenvalue weighted by atomic mass is 35.5. The zero-order valence-electron chi connectivity index (χ0n) is 19.3. The number of anilines is 1. The van der Waals surface area contributed by atoms with E-state index >= 15 is 0 Å². The number of piperidine rings is 1. The number of hydrogen-bond donors (Lipinski definition) is 1. The van der Waals surface area contributed by atoms with Crippen LogP contribution in [0.3, 0.4) is 0 Å². The Kier molecular flexibility index (Phi) is 7.39. The van der Waals surface area contributed by atoms with Gasteiger partial charge in [-0.25, -0.2) is 12.8 Å². The minimum atomic E-state index is -4.02. The first kappa shape index (κ1) is 25.1. The van der Waals surface area contributed by atoms with Gasteiger partial charge in [0.05, 0.1) is 5.92 Å². The van der Waals surface area contributed by atoms with Gasteiger partial charge in [-0.05, 0) is 62.6 Å². The summed E-state index contributed by atoms with van der Waals surface area (Å²) in [5.41, 5.74) is 1.93. The van der Waals surface area contributed by atoms with Gasteiger partial charge in [0.1, 0.15) is 11.5 Å². The van der Waals surface area contributed by atoms with Crippen molar-refractivity contribution in [3.8, 4) is 0 Å². The maximum absolute atomic E-state index is 14.0. The lowest BCUT2D eigenvalue weighted by Gasteiger charge is -2.31. The second-order valence-electron chi connectivity index (χ2n) is 8.47. The Morgan fingerprint density at radius 3 is 2.74 bits per heavy atom. The third-order valence-electron chi connectivity index (χ3n) is 5.94. The fraction of sp³-hybridized carbons (Fsp3) is 0.280. The molecule has 1 saturated heterocycles. The van der Waals surface area contributed by atoms with Gasteiger partial charge in [-0.3, -0.25) is 4.79 Å². The van der Waals surface area contributed by atoms with E-state index in [4.69, 9.17) is 16.1 Å². The van der Waals surface area contributed by atoms with Gasteiger partial charge in [-0.15, -0.1) is 0 Å². The van der Waals surface area contributed by atoms with Crippen LogP contribution in [-0.4, -0.2) is 36.9 Å². The van der Waals surface area contributed by atoms with Gasteiger partial charge < -0.3 is 9.84 Å². The summed E-state index contributed by atoms with van der Waals surface area (Å²) in [6.45, 7) is 3.69. The summed E-state index contributed by atoms with van der Waals surface area (Å²) in [6, 6.07) is 11.4. The molecular formula is C25H25ClFN3O4S. The molecule has 2 aromatic carbocycles. The second kappa shape index (κ2) is 10.3. The highest BCUT2D eigenvalue weighted by Crippen LogP contribution is 2.30. The number of aryl methyl sites for hydroxylation is 2. The highest BCUT2D eigenvalue weighted by molar-refractivity contribution is 7.89. The quantitative estimate of drug-likeness (QED) is 0.479. The average molecular weight is 518 g/mol. The zero-order chi connectivity index (χ0) is 25.2. The molecule has 2 heterocycles. The minimum Gasteiger partial charge on any atom is -0.355 e. The van der Waals surface area contributed by atoms with E-state index in [1.54, 1.807) is 36.4 Å². The van der Waals surface area contributed by atoms with E-state index < -0.39 is 21.8 Å². The number of aromatic nitrogens is 1. The van der Waals surface area contributed by atoms with Crippen LogP contribution in [0.4, 0.5) is 10.1 Å². The summed E-state index contributed by atoms with van der Waals surface area (Å²) in [6.07, 6.45) is 3.91. The lowest BCUT2D eigenvalue weighted by molar-refractivity contribution is -0.120. The van der Waals surface area contributed by atoms with Crippen LogP contribution < -0.4 is 5.32 Å². The molecule has 0 spiro atoms. The normalized spacial score (nSPS) is 17.1. The summed E-state index contributed by atoms with van der Waals surface area (Å²) in [5.74, 6) is -1.24. The van der Waals surface area contributed by atoms with Crippen LogP contribution >= 0.6 is 11.6 Å². The summed E-state index contributed by atoms with van der Waals surface area (Å²) in [5, 5.41) is 7.19. The first-order chi connectivity index (χ1) is 16.7. The van der Waals surface area contributed by atoms with E-state index in [1.807, 2.05) is 6.92 Å². The van der Waals surface area contributed by atoms with Crippen molar-refractivity contribution in [2.45, 2.75) is 31.6 Å². The molecule has 1 aromatic heterocycles. The van der Waals surface area contributed by atoms with Crippen LogP contribution in [0, 0.1) is 25.6 Å². The van der Waals surface area contributed by atoms with Crippen molar-refractivity contribution >= 4 is 45.4 Å². The molecule has 35 heavy (non-hydrogen) atoms. The lowest BCUT2D eigenvalue weighted by Crippen LogP contribution is -2.43. The second-order valence-corrected chi connectivity index (χ2v) is 10.8. The lowest BCUT2D eigenvalue weighted by atomic mass is 9.98. The molecule has 10 heteroatoms. The number of benzene rings is 2. The van der Waals surface area contributed by atoms with Crippen molar-refractivity contribution in [2.75, 3.05) is 18.4 Å². The Balaban J connectivity index is 1.54. The van der Waals surface area contributed by atoms with Crippen LogP contribution in [-0.2, 0) is 14.8 Å². The number of sulfonamides is 1. The summed E-state index contributed by atoms with van der Waals surface area (Å²) < 4.78 is 47.6. The van der Waals surface area contributed by atoms with Crippen molar-refractivity contribution in [2.24, 2.45) is 5.92 Å². The topological polar surface area (TPSA) is 92.5 Å². The molecule has 0 saturated carbocycles. The van der Waals surface area contributed by atoms with E-state index in [-0.39, 0.29) is 40.9 Å². The number of nitrogens with one attached hydrogen (secondary N) is 1. The zero-order valence-corrected chi connectivity index (χ0v) is 20.9. The van der Waals surface area contributed by atoms with Gasteiger partial charge >= 0.3 is 0 Å². The fourth-order valence-electron chi connectivity index (χ4n) is 3.99.